The van der Waals surface area contributed by atoms with E-state index in [1.54, 1.807) is 6.08 Å². The molecule has 0 aromatic carbocycles. The van der Waals surface area contributed by atoms with Crippen LogP contribution in [0.3, 0.4) is 0 Å². The van der Waals surface area contributed by atoms with Crippen molar-refractivity contribution in [1.82, 2.24) is 9.88 Å². The Balaban J connectivity index is 1.97. The molecule has 1 aromatic heterocycles. The molecule has 1 heterocycles. The first-order valence-corrected chi connectivity index (χ1v) is 8.85. The molecule has 1 aromatic rings. The average molecular weight is 318 g/mol. The van der Waals surface area contributed by atoms with Gasteiger partial charge in [-0.15, -0.1) is 0 Å². The highest BCUT2D eigenvalue weighted by Crippen LogP contribution is 2.32. The normalized spacial score (nSPS) is 16.1. The Bertz CT molecular complexity index is 540. The van der Waals surface area contributed by atoms with Crippen molar-refractivity contribution < 1.29 is 9.53 Å². The van der Waals surface area contributed by atoms with Crippen molar-refractivity contribution >= 4 is 12.0 Å². The standard InChI is InChI=1S/C19H30N2O2/c1-4-23-13-12-20-19(22)11-10-17-14-15(2)21(16(17)3)18-8-6-5-7-9-18/h10-11,14,18H,4-9,12-13H2,1-3H3,(H,20,22). The number of carbonyl (C=O) groups excluding carboxylic acids is 1. The van der Waals surface area contributed by atoms with E-state index < -0.39 is 0 Å². The highest BCUT2D eigenvalue weighted by Gasteiger charge is 2.19. The molecule has 1 saturated carbocycles. The van der Waals surface area contributed by atoms with Crippen molar-refractivity contribution in [3.63, 3.8) is 0 Å². The van der Waals surface area contributed by atoms with Crippen LogP contribution in [0.2, 0.25) is 0 Å². The Kier molecular flexibility index (Phi) is 6.90. The summed E-state index contributed by atoms with van der Waals surface area (Å²) in [7, 11) is 0. The molecule has 4 heteroatoms. The predicted octanol–water partition coefficient (Wildman–Crippen LogP) is 3.78. The summed E-state index contributed by atoms with van der Waals surface area (Å²) in [5.74, 6) is -0.0628. The quantitative estimate of drug-likeness (QED) is 0.614. The molecule has 128 valence electrons. The molecule has 4 nitrogen and oxygen atoms in total. The molecule has 1 N–H and O–H groups in total. The number of aryl methyl sites for hydroxylation is 1. The number of nitrogens with one attached hydrogen (secondary N) is 1. The lowest BCUT2D eigenvalue weighted by Gasteiger charge is -2.26. The number of nitrogens with zero attached hydrogens (tertiary/aromatic N) is 1. The fourth-order valence-electron chi connectivity index (χ4n) is 3.49. The highest BCUT2D eigenvalue weighted by atomic mass is 16.5. The first kappa shape index (κ1) is 17.8. The predicted molar refractivity (Wildman–Crippen MR) is 94.6 cm³/mol. The molecular formula is C19H30N2O2. The average Bonchev–Trinajstić information content (AvgIpc) is 2.84. The fourth-order valence-corrected chi connectivity index (χ4v) is 3.49. The van der Waals surface area contributed by atoms with Crippen LogP contribution in [0.1, 0.15) is 62.0 Å². The number of carbonyl (C=O) groups is 1. The molecule has 1 aliphatic carbocycles. The van der Waals surface area contributed by atoms with Gasteiger partial charge in [0, 0.05) is 36.7 Å². The van der Waals surface area contributed by atoms with E-state index in [0.717, 1.165) is 5.56 Å². The summed E-state index contributed by atoms with van der Waals surface area (Å²) in [6.45, 7) is 8.07. The molecule has 1 fully saturated rings. The maximum absolute atomic E-state index is 11.8. The van der Waals surface area contributed by atoms with Gasteiger partial charge >= 0.3 is 0 Å². The molecule has 2 rings (SSSR count). The molecule has 0 saturated heterocycles. The van der Waals surface area contributed by atoms with Gasteiger partial charge in [-0.2, -0.15) is 0 Å². The fraction of sp³-hybridized carbons (Fsp3) is 0.632. The van der Waals surface area contributed by atoms with Gasteiger partial charge in [0.2, 0.25) is 5.91 Å². The Hall–Kier alpha value is -1.55. The Labute approximate surface area is 139 Å². The number of rotatable bonds is 7. The minimum atomic E-state index is -0.0628. The van der Waals surface area contributed by atoms with Gasteiger partial charge in [0.25, 0.3) is 0 Å². The Morgan fingerprint density at radius 2 is 2.09 bits per heavy atom. The van der Waals surface area contributed by atoms with Gasteiger partial charge < -0.3 is 14.6 Å². The summed E-state index contributed by atoms with van der Waals surface area (Å²) >= 11 is 0. The number of hydrogen-bond donors (Lipinski definition) is 1. The first-order valence-electron chi connectivity index (χ1n) is 8.85. The van der Waals surface area contributed by atoms with E-state index >= 15 is 0 Å². The molecule has 1 amide bonds. The summed E-state index contributed by atoms with van der Waals surface area (Å²) < 4.78 is 7.67. The van der Waals surface area contributed by atoms with Crippen molar-refractivity contribution in [3.8, 4) is 0 Å². The number of aromatic nitrogens is 1. The first-order chi connectivity index (χ1) is 11.1. The molecule has 23 heavy (non-hydrogen) atoms. The second-order valence-corrected chi connectivity index (χ2v) is 6.31. The number of hydrogen-bond acceptors (Lipinski definition) is 2. The van der Waals surface area contributed by atoms with Crippen molar-refractivity contribution in [2.45, 2.75) is 58.9 Å². The summed E-state index contributed by atoms with van der Waals surface area (Å²) in [5, 5.41) is 2.83. The SMILES string of the molecule is CCOCCNC(=O)C=Cc1cc(C)n(C2CCCCC2)c1C. The van der Waals surface area contributed by atoms with Crippen LogP contribution in [0.15, 0.2) is 12.1 Å². The van der Waals surface area contributed by atoms with Crippen LogP contribution in [0.25, 0.3) is 6.08 Å². The van der Waals surface area contributed by atoms with Gasteiger partial charge in [0.15, 0.2) is 0 Å². The third-order valence-electron chi connectivity index (χ3n) is 4.63. The van der Waals surface area contributed by atoms with Crippen LogP contribution in [-0.2, 0) is 9.53 Å². The maximum atomic E-state index is 11.8. The van der Waals surface area contributed by atoms with Gasteiger partial charge in [-0.1, -0.05) is 19.3 Å². The third-order valence-corrected chi connectivity index (χ3v) is 4.63. The van der Waals surface area contributed by atoms with Crippen molar-refractivity contribution in [2.24, 2.45) is 0 Å². The van der Waals surface area contributed by atoms with Crippen molar-refractivity contribution in [2.75, 3.05) is 19.8 Å². The van der Waals surface area contributed by atoms with Crippen LogP contribution in [-0.4, -0.2) is 30.2 Å². The lowest BCUT2D eigenvalue weighted by Crippen LogP contribution is -2.25. The molecule has 0 unspecified atom stereocenters. The van der Waals surface area contributed by atoms with E-state index in [-0.39, 0.29) is 5.91 Å². The topological polar surface area (TPSA) is 43.3 Å². The van der Waals surface area contributed by atoms with E-state index in [2.05, 4.69) is 29.8 Å². The van der Waals surface area contributed by atoms with Crippen molar-refractivity contribution in [1.29, 1.82) is 0 Å². The zero-order valence-electron chi connectivity index (χ0n) is 14.7. The Morgan fingerprint density at radius 3 is 2.78 bits per heavy atom. The van der Waals surface area contributed by atoms with E-state index in [9.17, 15) is 4.79 Å². The van der Waals surface area contributed by atoms with Crippen LogP contribution >= 0.6 is 0 Å². The maximum Gasteiger partial charge on any atom is 0.244 e. The van der Waals surface area contributed by atoms with Crippen molar-refractivity contribution in [3.05, 3.63) is 29.1 Å². The zero-order valence-corrected chi connectivity index (χ0v) is 14.7. The second kappa shape index (κ2) is 8.92. The zero-order chi connectivity index (χ0) is 16.7. The Morgan fingerprint density at radius 1 is 1.35 bits per heavy atom. The summed E-state index contributed by atoms with van der Waals surface area (Å²) in [6, 6.07) is 2.82. The second-order valence-electron chi connectivity index (χ2n) is 6.31. The van der Waals surface area contributed by atoms with E-state index in [1.807, 2.05) is 13.0 Å². The smallest absolute Gasteiger partial charge is 0.244 e. The van der Waals surface area contributed by atoms with E-state index in [0.29, 0.717) is 25.8 Å². The number of amides is 1. The van der Waals surface area contributed by atoms with Gasteiger partial charge in [-0.05, 0) is 51.3 Å². The monoisotopic (exact) mass is 318 g/mol. The number of ether oxygens (including phenoxy) is 1. The molecule has 0 atom stereocenters. The van der Waals surface area contributed by atoms with Crippen LogP contribution in [0, 0.1) is 13.8 Å². The molecule has 0 bridgehead atoms. The van der Waals surface area contributed by atoms with Gasteiger partial charge in [-0.3, -0.25) is 4.79 Å². The summed E-state index contributed by atoms with van der Waals surface area (Å²) in [4.78, 5) is 11.8. The molecule has 1 aliphatic rings. The van der Waals surface area contributed by atoms with Crippen LogP contribution in [0.4, 0.5) is 0 Å². The largest absolute Gasteiger partial charge is 0.380 e. The lowest BCUT2D eigenvalue weighted by atomic mass is 9.95. The van der Waals surface area contributed by atoms with E-state index in [4.69, 9.17) is 4.74 Å². The molecule has 0 spiro atoms. The van der Waals surface area contributed by atoms with Crippen LogP contribution in [0.5, 0.6) is 0 Å². The lowest BCUT2D eigenvalue weighted by molar-refractivity contribution is -0.116. The molecule has 0 radical (unpaired) electrons. The van der Waals surface area contributed by atoms with Gasteiger partial charge in [-0.25, -0.2) is 0 Å². The van der Waals surface area contributed by atoms with Crippen LogP contribution < -0.4 is 5.32 Å². The third kappa shape index (κ3) is 4.96. The minimum Gasteiger partial charge on any atom is -0.380 e. The van der Waals surface area contributed by atoms with Gasteiger partial charge in [0.05, 0.1) is 6.61 Å². The summed E-state index contributed by atoms with van der Waals surface area (Å²) in [5.41, 5.74) is 3.71. The summed E-state index contributed by atoms with van der Waals surface area (Å²) in [6.07, 6.45) is 10.1. The molecule has 0 aliphatic heterocycles. The molecular weight excluding hydrogens is 288 g/mol. The highest BCUT2D eigenvalue weighted by molar-refractivity contribution is 5.91. The van der Waals surface area contributed by atoms with E-state index in [1.165, 1.54) is 43.5 Å². The van der Waals surface area contributed by atoms with Gasteiger partial charge in [0.1, 0.15) is 0 Å². The minimum absolute atomic E-state index is 0.0628.